The molecule has 0 atom stereocenters. The molecule has 156 valence electrons. The van der Waals surface area contributed by atoms with Crippen molar-refractivity contribution in [3.63, 3.8) is 0 Å². The van der Waals surface area contributed by atoms with E-state index in [9.17, 15) is 19.2 Å². The summed E-state index contributed by atoms with van der Waals surface area (Å²) in [4.78, 5) is 43.2. The number of aliphatic carboxylic acids is 4. The topological polar surface area (TPSA) is 327 Å². The van der Waals surface area contributed by atoms with E-state index in [2.05, 4.69) is 0 Å². The van der Waals surface area contributed by atoms with Crippen LogP contribution in [-0.2, 0) is 36.2 Å². The summed E-state index contributed by atoms with van der Waals surface area (Å²) in [5.74, 6) is -6.06. The van der Waals surface area contributed by atoms with Gasteiger partial charge in [-0.25, -0.2) is 0 Å². The Hall–Kier alpha value is -0.841. The van der Waals surface area contributed by atoms with Crippen LogP contribution >= 0.6 is 0 Å². The molecule has 0 aliphatic carbocycles. The van der Waals surface area contributed by atoms with Gasteiger partial charge in [-0.05, 0) is 0 Å². The average Bonchev–Trinajstić information content (AvgIpc) is 2.10. The molecule has 0 aliphatic heterocycles. The Labute approximate surface area is 179 Å². The fourth-order valence-corrected chi connectivity index (χ4v) is 1.91. The van der Waals surface area contributed by atoms with Crippen LogP contribution in [0.4, 0.5) is 0 Å². The van der Waals surface area contributed by atoms with Gasteiger partial charge in [0.05, 0.1) is 36.8 Å². The van der Waals surface area contributed by atoms with Crippen molar-refractivity contribution in [3.8, 4) is 0 Å². The van der Waals surface area contributed by atoms with E-state index >= 15 is 0 Å². The van der Waals surface area contributed by atoms with Gasteiger partial charge >= 0.3 is 53.4 Å². The Balaban J connectivity index is -0.000000120. The van der Waals surface area contributed by atoms with Gasteiger partial charge in [0.1, 0.15) is 0 Å². The Morgan fingerprint density at radius 3 is 0.769 bits per heavy atom. The molecule has 0 fully saturated rings. The van der Waals surface area contributed by atoms with E-state index in [1.807, 2.05) is 0 Å². The average molecular weight is 444 g/mol. The van der Waals surface area contributed by atoms with Gasteiger partial charge in [-0.3, -0.25) is 19.2 Å². The summed E-state index contributed by atoms with van der Waals surface area (Å²) in [5.41, 5.74) is 6.88. The van der Waals surface area contributed by atoms with E-state index in [0.717, 1.165) is 0 Å². The fraction of sp³-hybridized carbons (Fsp3) is 0.600. The van der Waals surface area contributed by atoms with Gasteiger partial charge in [-0.1, -0.05) is 0 Å². The molecule has 0 heterocycles. The number of carbonyl (C=O) groups is 4. The van der Waals surface area contributed by atoms with Crippen molar-refractivity contribution < 1.29 is 78.6 Å². The van der Waals surface area contributed by atoms with Crippen LogP contribution < -0.4 is 11.5 Å². The van der Waals surface area contributed by atoms with Gasteiger partial charge in [0.15, 0.2) is 0 Å². The van der Waals surface area contributed by atoms with Crippen LogP contribution in [0, 0.1) is 0 Å². The van der Waals surface area contributed by atoms with Gasteiger partial charge in [-0.2, -0.15) is 0 Å². The van der Waals surface area contributed by atoms with E-state index in [1.54, 1.807) is 0 Å². The van der Waals surface area contributed by atoms with Crippen LogP contribution in [-0.4, -0.2) is 107 Å². The molecule has 16 heteroatoms. The van der Waals surface area contributed by atoms with Gasteiger partial charge in [0, 0.05) is 17.1 Å². The van der Waals surface area contributed by atoms with Gasteiger partial charge < -0.3 is 53.8 Å². The van der Waals surface area contributed by atoms with Gasteiger partial charge in [0.2, 0.25) is 0 Å². The van der Waals surface area contributed by atoms with Crippen LogP contribution in [0.5, 0.6) is 0 Å². The third-order valence-corrected chi connectivity index (χ3v) is 2.86. The summed E-state index contributed by atoms with van der Waals surface area (Å²) < 4.78 is 0. The molecule has 0 rings (SSSR count). The number of carboxylic acid groups (broad SMARTS) is 4. The first-order chi connectivity index (χ1) is 8.92. The first-order valence-corrected chi connectivity index (χ1v) is 5.37. The minimum atomic E-state index is -2.22. The molecule has 14 nitrogen and oxygen atoms in total. The maximum atomic E-state index is 10.8. The van der Waals surface area contributed by atoms with Crippen molar-refractivity contribution in [1.82, 2.24) is 0 Å². The fourth-order valence-electron chi connectivity index (χ4n) is 1.91. The van der Waals surface area contributed by atoms with E-state index in [-0.39, 0.29) is 68.5 Å². The van der Waals surface area contributed by atoms with E-state index in [1.165, 1.54) is 0 Å². The van der Waals surface area contributed by atoms with Crippen LogP contribution in [0.1, 0.15) is 25.7 Å². The van der Waals surface area contributed by atoms with Crippen molar-refractivity contribution in [2.45, 2.75) is 36.8 Å². The summed E-state index contributed by atoms with van der Waals surface area (Å²) in [6.07, 6.45) is -3.90. The molecule has 0 saturated carbocycles. The van der Waals surface area contributed by atoms with Gasteiger partial charge in [-0.15, -0.1) is 0 Å². The second-order valence-corrected chi connectivity index (χ2v) is 4.59. The Morgan fingerprint density at radius 1 is 0.577 bits per heavy atom. The molecular formula is C10H25FeN2NaO12. The Morgan fingerprint density at radius 2 is 0.692 bits per heavy atom. The number of hydrogen-bond donors (Lipinski definition) is 6. The quantitative estimate of drug-likeness (QED) is 0.183. The first kappa shape index (κ1) is 44.5. The second-order valence-electron chi connectivity index (χ2n) is 4.59. The van der Waals surface area contributed by atoms with Crippen molar-refractivity contribution in [2.75, 3.05) is 0 Å². The van der Waals surface area contributed by atoms with E-state index < -0.39 is 60.6 Å². The van der Waals surface area contributed by atoms with Crippen molar-refractivity contribution >= 4 is 53.4 Å². The zero-order valence-electron chi connectivity index (χ0n) is 12.8. The summed E-state index contributed by atoms with van der Waals surface area (Å²) in [6, 6.07) is 0. The standard InChI is InChI=1S/C10H16N2O8.Fe.Na.4H2O.H/c11-9(1-5(13)14,2-6(15)16)10(12,3-7(17)18)4-8(19)20;;;;;;;/h1-4,11-12H2,(H,13,14)(H,15,16)(H,17,18)(H,19,20);;;4*1H2;. The molecule has 0 spiro atoms. The summed E-state index contributed by atoms with van der Waals surface area (Å²) in [6.45, 7) is 0. The van der Waals surface area contributed by atoms with Crippen LogP contribution in [0.3, 0.4) is 0 Å². The molecule has 0 amide bonds. The third kappa shape index (κ3) is 14.3. The number of carboxylic acids is 4. The molecule has 0 aliphatic rings. The molecule has 0 bridgehead atoms. The molecular weight excluding hydrogens is 419 g/mol. The zero-order chi connectivity index (χ0) is 16.1. The van der Waals surface area contributed by atoms with Crippen molar-refractivity contribution in [3.05, 3.63) is 0 Å². The monoisotopic (exact) mass is 444 g/mol. The first-order valence-electron chi connectivity index (χ1n) is 5.37. The van der Waals surface area contributed by atoms with E-state index in [0.29, 0.717) is 0 Å². The molecule has 0 aromatic carbocycles. The number of hydrogen-bond acceptors (Lipinski definition) is 6. The van der Waals surface area contributed by atoms with Crippen LogP contribution in [0.15, 0.2) is 0 Å². The number of rotatable bonds is 9. The van der Waals surface area contributed by atoms with Crippen molar-refractivity contribution in [1.29, 1.82) is 0 Å². The molecule has 0 aromatic heterocycles. The maximum absolute atomic E-state index is 10.8. The van der Waals surface area contributed by atoms with Crippen LogP contribution in [0.25, 0.3) is 0 Å². The van der Waals surface area contributed by atoms with Crippen LogP contribution in [0.2, 0.25) is 0 Å². The SMILES string of the molecule is NC(CC(=O)O)(CC(=O)O)C(N)(CC(=O)O)CC(=O)O.O.O.O.O.[Fe].[NaH]. The normalized spacial score (nSPS) is 9.15. The predicted molar refractivity (Wildman–Crippen MR) is 84.5 cm³/mol. The summed E-state index contributed by atoms with van der Waals surface area (Å²) in [5, 5.41) is 35.1. The molecule has 16 N–H and O–H groups in total. The molecule has 0 radical (unpaired) electrons. The van der Waals surface area contributed by atoms with Gasteiger partial charge in [0.25, 0.3) is 0 Å². The Bertz CT molecular complexity index is 378. The van der Waals surface area contributed by atoms with E-state index in [4.69, 9.17) is 31.9 Å². The molecule has 0 saturated heterocycles. The minimum absolute atomic E-state index is 0. The Kier molecular flexibility index (Phi) is 30.1. The molecule has 26 heavy (non-hydrogen) atoms. The summed E-state index contributed by atoms with van der Waals surface area (Å²) in [7, 11) is 0. The molecule has 0 unspecified atom stereocenters. The number of nitrogens with two attached hydrogens (primary N) is 2. The summed E-state index contributed by atoms with van der Waals surface area (Å²) >= 11 is 0. The third-order valence-electron chi connectivity index (χ3n) is 2.86. The molecule has 0 aromatic rings. The zero-order valence-corrected chi connectivity index (χ0v) is 13.9. The predicted octanol–water partition coefficient (Wildman–Crippen LogP) is -5.67. The second kappa shape index (κ2) is 17.6. The van der Waals surface area contributed by atoms with Crippen molar-refractivity contribution in [2.24, 2.45) is 11.5 Å².